The fourth-order valence-corrected chi connectivity index (χ4v) is 2.89. The van der Waals surface area contributed by atoms with E-state index in [0.717, 1.165) is 16.0 Å². The molecule has 88 valence electrons. The summed E-state index contributed by atoms with van der Waals surface area (Å²) in [5.41, 5.74) is 6.97. The number of halogens is 1. The van der Waals surface area contributed by atoms with Crippen LogP contribution in [0.3, 0.4) is 0 Å². The Hall–Kier alpha value is -0.640. The summed E-state index contributed by atoms with van der Waals surface area (Å²) >= 11 is 3.47. The van der Waals surface area contributed by atoms with Crippen LogP contribution < -0.4 is 5.73 Å². The number of anilines is 1. The molecule has 2 rings (SSSR count). The lowest BCUT2D eigenvalue weighted by Crippen LogP contribution is -2.09. The van der Waals surface area contributed by atoms with Crippen LogP contribution in [0, 0.1) is 0 Å². The molecule has 0 amide bonds. The lowest BCUT2D eigenvalue weighted by Gasteiger charge is -2.14. The molecule has 0 unspecified atom stereocenters. The largest absolute Gasteiger partial charge is 0.383 e. The van der Waals surface area contributed by atoms with Gasteiger partial charge < -0.3 is 5.73 Å². The summed E-state index contributed by atoms with van der Waals surface area (Å²) in [6.07, 6.45) is 5.00. The van der Waals surface area contributed by atoms with Crippen molar-refractivity contribution < 1.29 is 0 Å². The van der Waals surface area contributed by atoms with E-state index in [1.54, 1.807) is 0 Å². The number of nitrogens with two attached hydrogens (primary N) is 1. The van der Waals surface area contributed by atoms with Gasteiger partial charge in [0.15, 0.2) is 0 Å². The Balaban J connectivity index is 2.39. The molecule has 1 aromatic rings. The smallest absolute Gasteiger partial charge is 0.141 e. The molecule has 1 aliphatic carbocycles. The third-order valence-corrected chi connectivity index (χ3v) is 4.00. The lowest BCUT2D eigenvalue weighted by atomic mass is 10.1. The molecule has 0 bridgehead atoms. The van der Waals surface area contributed by atoms with Crippen molar-refractivity contribution in [1.82, 2.24) is 9.97 Å². The summed E-state index contributed by atoms with van der Waals surface area (Å²) in [4.78, 5) is 9.09. The van der Waals surface area contributed by atoms with Gasteiger partial charge in [-0.05, 0) is 34.7 Å². The molecule has 3 nitrogen and oxygen atoms in total. The fraction of sp³-hybridized carbons (Fsp3) is 0.667. The zero-order valence-electron chi connectivity index (χ0n) is 9.83. The van der Waals surface area contributed by atoms with E-state index in [1.165, 1.54) is 25.7 Å². The van der Waals surface area contributed by atoms with Crippen molar-refractivity contribution in [3.05, 3.63) is 16.0 Å². The van der Waals surface area contributed by atoms with Gasteiger partial charge in [-0.25, -0.2) is 9.97 Å². The van der Waals surface area contributed by atoms with E-state index >= 15 is 0 Å². The normalized spacial score (nSPS) is 17.2. The van der Waals surface area contributed by atoms with Crippen molar-refractivity contribution in [3.8, 4) is 0 Å². The number of nitrogen functional groups attached to an aromatic ring is 1. The number of aromatic nitrogens is 2. The average molecular weight is 284 g/mol. The highest BCUT2D eigenvalue weighted by molar-refractivity contribution is 9.10. The van der Waals surface area contributed by atoms with Crippen LogP contribution in [0.4, 0.5) is 5.82 Å². The lowest BCUT2D eigenvalue weighted by molar-refractivity contribution is 0.652. The number of hydrogen-bond acceptors (Lipinski definition) is 3. The summed E-state index contributed by atoms with van der Waals surface area (Å²) < 4.78 is 0.865. The molecule has 0 radical (unpaired) electrons. The molecular weight excluding hydrogens is 266 g/mol. The van der Waals surface area contributed by atoms with E-state index in [-0.39, 0.29) is 0 Å². The van der Waals surface area contributed by atoms with Crippen LogP contribution in [0.2, 0.25) is 0 Å². The molecule has 1 aliphatic rings. The van der Waals surface area contributed by atoms with Gasteiger partial charge in [0.1, 0.15) is 11.6 Å². The molecule has 0 aromatic carbocycles. The minimum absolute atomic E-state index is 0.375. The van der Waals surface area contributed by atoms with Gasteiger partial charge in [0.05, 0.1) is 10.2 Å². The SMILES string of the molecule is CC(C)c1nc(C2CCCC2)nc(N)c1Br. The van der Waals surface area contributed by atoms with Crippen LogP contribution in [-0.4, -0.2) is 9.97 Å². The summed E-state index contributed by atoms with van der Waals surface area (Å²) in [5, 5.41) is 0. The number of rotatable bonds is 2. The van der Waals surface area contributed by atoms with E-state index in [4.69, 9.17) is 5.73 Å². The fourth-order valence-electron chi connectivity index (χ4n) is 2.25. The van der Waals surface area contributed by atoms with Crippen molar-refractivity contribution in [3.63, 3.8) is 0 Å². The molecule has 1 saturated carbocycles. The Morgan fingerprint density at radius 3 is 2.44 bits per heavy atom. The quantitative estimate of drug-likeness (QED) is 0.902. The first-order valence-corrected chi connectivity index (χ1v) is 6.71. The van der Waals surface area contributed by atoms with E-state index in [0.29, 0.717) is 17.7 Å². The van der Waals surface area contributed by atoms with E-state index in [1.807, 2.05) is 0 Å². The Bertz CT molecular complexity index is 384. The molecule has 1 aromatic heterocycles. The van der Waals surface area contributed by atoms with Crippen LogP contribution in [0.5, 0.6) is 0 Å². The molecule has 2 N–H and O–H groups in total. The molecule has 1 fully saturated rings. The van der Waals surface area contributed by atoms with Gasteiger partial charge in [0.25, 0.3) is 0 Å². The van der Waals surface area contributed by atoms with Crippen LogP contribution in [0.25, 0.3) is 0 Å². The Morgan fingerprint density at radius 2 is 1.88 bits per heavy atom. The summed E-state index contributed by atoms with van der Waals surface area (Å²) in [6.45, 7) is 4.26. The maximum atomic E-state index is 5.93. The monoisotopic (exact) mass is 283 g/mol. The average Bonchev–Trinajstić information content (AvgIpc) is 2.74. The molecule has 0 spiro atoms. The van der Waals surface area contributed by atoms with Crippen LogP contribution in [0.15, 0.2) is 4.47 Å². The van der Waals surface area contributed by atoms with Crippen molar-refractivity contribution >= 4 is 21.7 Å². The van der Waals surface area contributed by atoms with Gasteiger partial charge in [-0.15, -0.1) is 0 Å². The predicted molar refractivity (Wildman–Crippen MR) is 69.4 cm³/mol. The van der Waals surface area contributed by atoms with Gasteiger partial charge in [-0.1, -0.05) is 26.7 Å². The Kier molecular flexibility index (Phi) is 3.47. The first-order valence-electron chi connectivity index (χ1n) is 5.92. The highest BCUT2D eigenvalue weighted by atomic mass is 79.9. The van der Waals surface area contributed by atoms with Gasteiger partial charge in [-0.3, -0.25) is 0 Å². The van der Waals surface area contributed by atoms with E-state index < -0.39 is 0 Å². The van der Waals surface area contributed by atoms with Gasteiger partial charge in [0, 0.05) is 5.92 Å². The first-order chi connectivity index (χ1) is 7.59. The van der Waals surface area contributed by atoms with Crippen LogP contribution in [-0.2, 0) is 0 Å². The Labute approximate surface area is 105 Å². The van der Waals surface area contributed by atoms with Gasteiger partial charge in [0.2, 0.25) is 0 Å². The summed E-state index contributed by atoms with van der Waals surface area (Å²) in [6, 6.07) is 0. The maximum absolute atomic E-state index is 5.93. The van der Waals surface area contributed by atoms with Crippen molar-refractivity contribution in [2.75, 3.05) is 5.73 Å². The minimum atomic E-state index is 0.375. The zero-order valence-corrected chi connectivity index (χ0v) is 11.4. The molecule has 0 aliphatic heterocycles. The molecular formula is C12H18BrN3. The highest BCUT2D eigenvalue weighted by Crippen LogP contribution is 2.35. The number of hydrogen-bond donors (Lipinski definition) is 1. The summed E-state index contributed by atoms with van der Waals surface area (Å²) in [7, 11) is 0. The zero-order chi connectivity index (χ0) is 11.7. The maximum Gasteiger partial charge on any atom is 0.141 e. The highest BCUT2D eigenvalue weighted by Gasteiger charge is 2.22. The molecule has 0 atom stereocenters. The predicted octanol–water partition coefficient (Wildman–Crippen LogP) is 3.60. The third kappa shape index (κ3) is 2.21. The Morgan fingerprint density at radius 1 is 1.25 bits per heavy atom. The van der Waals surface area contributed by atoms with Crippen LogP contribution in [0.1, 0.15) is 62.9 Å². The molecule has 0 saturated heterocycles. The third-order valence-electron chi connectivity index (χ3n) is 3.19. The topological polar surface area (TPSA) is 51.8 Å². The van der Waals surface area contributed by atoms with Gasteiger partial charge >= 0.3 is 0 Å². The van der Waals surface area contributed by atoms with Gasteiger partial charge in [-0.2, -0.15) is 0 Å². The number of nitrogens with zero attached hydrogens (tertiary/aromatic N) is 2. The van der Waals surface area contributed by atoms with Crippen molar-refractivity contribution in [2.24, 2.45) is 0 Å². The molecule has 4 heteroatoms. The van der Waals surface area contributed by atoms with E-state index in [9.17, 15) is 0 Å². The molecule has 1 heterocycles. The van der Waals surface area contributed by atoms with E-state index in [2.05, 4.69) is 39.7 Å². The minimum Gasteiger partial charge on any atom is -0.383 e. The van der Waals surface area contributed by atoms with Crippen molar-refractivity contribution in [1.29, 1.82) is 0 Å². The first kappa shape index (κ1) is 11.8. The second kappa shape index (κ2) is 4.70. The second-order valence-corrected chi connectivity index (χ2v) is 5.60. The van der Waals surface area contributed by atoms with Crippen LogP contribution >= 0.6 is 15.9 Å². The van der Waals surface area contributed by atoms with Crippen molar-refractivity contribution in [2.45, 2.75) is 51.4 Å². The second-order valence-electron chi connectivity index (χ2n) is 4.80. The molecule has 16 heavy (non-hydrogen) atoms. The standard InChI is InChI=1S/C12H18BrN3/c1-7(2)10-9(13)11(14)16-12(15-10)8-5-3-4-6-8/h7-8H,3-6H2,1-2H3,(H2,14,15,16). The summed E-state index contributed by atoms with van der Waals surface area (Å²) in [5.74, 6) is 2.43.